The number of quaternary nitrogens is 1. The molecule has 0 radical (unpaired) electrons. The van der Waals surface area contributed by atoms with Crippen LogP contribution in [-0.4, -0.2) is 30.9 Å². The van der Waals surface area contributed by atoms with Crippen LogP contribution in [0.1, 0.15) is 0 Å². The van der Waals surface area contributed by atoms with Crippen LogP contribution in [0.3, 0.4) is 0 Å². The van der Waals surface area contributed by atoms with Gasteiger partial charge in [-0.2, -0.15) is 0 Å². The summed E-state index contributed by atoms with van der Waals surface area (Å²) in [7, 11) is 0. The van der Waals surface area contributed by atoms with Crippen molar-refractivity contribution in [1.82, 2.24) is 4.57 Å². The van der Waals surface area contributed by atoms with Gasteiger partial charge in [-0.15, -0.1) is 0 Å². The lowest BCUT2D eigenvalue weighted by Crippen LogP contribution is -3.13. The maximum atomic E-state index is 11.9. The largest absolute Gasteiger partial charge is 0.370 e. The molecule has 1 aliphatic rings. The van der Waals surface area contributed by atoms with Gasteiger partial charge in [-0.05, 0) is 12.1 Å². The molecule has 2 heterocycles. The second kappa shape index (κ2) is 4.60. The maximum absolute atomic E-state index is 11.9. The highest BCUT2D eigenvalue weighted by molar-refractivity contribution is 7.16. The monoisotopic (exact) mass is 251 g/mol. The summed E-state index contributed by atoms with van der Waals surface area (Å²) in [5.41, 5.74) is 1.06. The van der Waals surface area contributed by atoms with Crippen LogP contribution < -0.4 is 9.77 Å². The fourth-order valence-electron chi connectivity index (χ4n) is 2.21. The number of nitrogens with zero attached hydrogens (tertiary/aromatic N) is 1. The molecule has 5 heteroatoms. The number of rotatable bonds is 2. The van der Waals surface area contributed by atoms with Crippen molar-refractivity contribution < 1.29 is 9.64 Å². The number of fused-ring (bicyclic) bond motifs is 1. The van der Waals surface area contributed by atoms with E-state index in [2.05, 4.69) is 0 Å². The molecule has 0 spiro atoms. The van der Waals surface area contributed by atoms with Crippen LogP contribution in [0.15, 0.2) is 29.1 Å². The fourth-order valence-corrected chi connectivity index (χ4v) is 3.10. The number of thiazole rings is 1. The lowest BCUT2D eigenvalue weighted by atomic mass is 10.3. The Labute approximate surface area is 103 Å². The molecule has 1 aliphatic heterocycles. The molecule has 90 valence electrons. The highest BCUT2D eigenvalue weighted by atomic mass is 32.1. The molecular formula is C12H15N2O2S+. The summed E-state index contributed by atoms with van der Waals surface area (Å²) in [6.45, 7) is 4.32. The molecule has 0 atom stereocenters. The second-order valence-electron chi connectivity index (χ2n) is 4.28. The van der Waals surface area contributed by atoms with E-state index in [1.165, 1.54) is 16.2 Å². The average molecular weight is 251 g/mol. The number of morpholine rings is 1. The molecule has 1 aromatic carbocycles. The Hall–Kier alpha value is -1.17. The van der Waals surface area contributed by atoms with Gasteiger partial charge in [0.25, 0.3) is 0 Å². The first kappa shape index (κ1) is 11.0. The number of hydrogen-bond acceptors (Lipinski definition) is 3. The normalized spacial score (nSPS) is 17.6. The van der Waals surface area contributed by atoms with Crippen molar-refractivity contribution in [2.24, 2.45) is 0 Å². The van der Waals surface area contributed by atoms with Gasteiger partial charge in [-0.3, -0.25) is 9.36 Å². The van der Waals surface area contributed by atoms with Gasteiger partial charge in [0.05, 0.1) is 23.4 Å². The van der Waals surface area contributed by atoms with Crippen LogP contribution in [0, 0.1) is 0 Å². The minimum Gasteiger partial charge on any atom is -0.370 e. The Morgan fingerprint density at radius 1 is 1.29 bits per heavy atom. The summed E-state index contributed by atoms with van der Waals surface area (Å²) < 4.78 is 8.29. The summed E-state index contributed by atoms with van der Waals surface area (Å²) in [6.07, 6.45) is 0. The molecule has 17 heavy (non-hydrogen) atoms. The number of para-hydroxylation sites is 1. The van der Waals surface area contributed by atoms with Gasteiger partial charge in [0.2, 0.25) is 0 Å². The van der Waals surface area contributed by atoms with Gasteiger partial charge < -0.3 is 9.64 Å². The molecule has 1 saturated heterocycles. The van der Waals surface area contributed by atoms with Gasteiger partial charge in [0, 0.05) is 0 Å². The van der Waals surface area contributed by atoms with E-state index in [1.807, 2.05) is 28.8 Å². The van der Waals surface area contributed by atoms with Crippen molar-refractivity contribution in [3.8, 4) is 0 Å². The van der Waals surface area contributed by atoms with Gasteiger partial charge in [0.1, 0.15) is 13.1 Å². The smallest absolute Gasteiger partial charge is 0.312 e. The standard InChI is InChI=1S/C12H14N2O2S/c15-12-14(9-13-5-7-16-8-6-13)10-3-1-2-4-11(10)17-12/h1-4H,5-9H2/p+1. The zero-order valence-electron chi connectivity index (χ0n) is 9.52. The molecule has 1 fully saturated rings. The summed E-state index contributed by atoms with van der Waals surface area (Å²) in [6, 6.07) is 7.99. The number of ether oxygens (including phenoxy) is 1. The van der Waals surface area contributed by atoms with Gasteiger partial charge in [-0.25, -0.2) is 0 Å². The third-order valence-corrected chi connectivity index (χ3v) is 4.12. The Morgan fingerprint density at radius 2 is 2.06 bits per heavy atom. The Bertz CT molecular complexity index is 569. The molecule has 2 aromatic rings. The molecule has 0 unspecified atom stereocenters. The lowest BCUT2D eigenvalue weighted by Gasteiger charge is -2.23. The molecular weight excluding hydrogens is 236 g/mol. The van der Waals surface area contributed by atoms with E-state index in [0.29, 0.717) is 0 Å². The van der Waals surface area contributed by atoms with E-state index < -0.39 is 0 Å². The first-order chi connectivity index (χ1) is 8.34. The van der Waals surface area contributed by atoms with Gasteiger partial charge >= 0.3 is 4.87 Å². The number of nitrogens with one attached hydrogen (secondary N) is 1. The average Bonchev–Trinajstić information content (AvgIpc) is 2.68. The number of benzene rings is 1. The second-order valence-corrected chi connectivity index (χ2v) is 5.28. The zero-order valence-corrected chi connectivity index (χ0v) is 10.3. The Balaban J connectivity index is 1.93. The van der Waals surface area contributed by atoms with Crippen LogP contribution in [0.25, 0.3) is 10.2 Å². The van der Waals surface area contributed by atoms with E-state index in [0.717, 1.165) is 43.2 Å². The molecule has 1 N–H and O–H groups in total. The van der Waals surface area contributed by atoms with Crippen LogP contribution >= 0.6 is 11.3 Å². The quantitative estimate of drug-likeness (QED) is 0.811. The summed E-state index contributed by atoms with van der Waals surface area (Å²) in [5.74, 6) is 0. The third-order valence-electron chi connectivity index (χ3n) is 3.16. The van der Waals surface area contributed by atoms with Gasteiger partial charge in [-0.1, -0.05) is 23.5 Å². The maximum Gasteiger partial charge on any atom is 0.312 e. The summed E-state index contributed by atoms with van der Waals surface area (Å²) in [5, 5.41) is 0. The Morgan fingerprint density at radius 3 is 2.88 bits per heavy atom. The van der Waals surface area contributed by atoms with Crippen molar-refractivity contribution >= 4 is 21.6 Å². The van der Waals surface area contributed by atoms with Crippen molar-refractivity contribution in [1.29, 1.82) is 0 Å². The molecule has 0 amide bonds. The van der Waals surface area contributed by atoms with Crippen molar-refractivity contribution in [2.45, 2.75) is 6.67 Å². The topological polar surface area (TPSA) is 35.7 Å². The highest BCUT2D eigenvalue weighted by Gasteiger charge is 2.16. The molecule has 4 nitrogen and oxygen atoms in total. The van der Waals surface area contributed by atoms with Crippen LogP contribution in [0.4, 0.5) is 0 Å². The lowest BCUT2D eigenvalue weighted by molar-refractivity contribution is -0.930. The van der Waals surface area contributed by atoms with Crippen LogP contribution in [-0.2, 0) is 11.4 Å². The first-order valence-corrected chi connectivity index (χ1v) is 6.66. The highest BCUT2D eigenvalue weighted by Crippen LogP contribution is 2.15. The van der Waals surface area contributed by atoms with E-state index in [9.17, 15) is 4.79 Å². The predicted octanol–water partition coefficient (Wildman–Crippen LogP) is -0.0644. The molecule has 0 bridgehead atoms. The summed E-state index contributed by atoms with van der Waals surface area (Å²) >= 11 is 1.33. The summed E-state index contributed by atoms with van der Waals surface area (Å²) in [4.78, 5) is 13.5. The number of aromatic nitrogens is 1. The Kier molecular flexibility index (Phi) is 2.96. The fraction of sp³-hybridized carbons (Fsp3) is 0.417. The van der Waals surface area contributed by atoms with E-state index >= 15 is 0 Å². The molecule has 1 aromatic heterocycles. The molecule has 3 rings (SSSR count). The molecule has 0 saturated carbocycles. The van der Waals surface area contributed by atoms with E-state index in [1.54, 1.807) is 0 Å². The van der Waals surface area contributed by atoms with E-state index in [4.69, 9.17) is 4.74 Å². The van der Waals surface area contributed by atoms with E-state index in [-0.39, 0.29) is 4.87 Å². The first-order valence-electron chi connectivity index (χ1n) is 5.84. The minimum absolute atomic E-state index is 0.144. The number of hydrogen-bond donors (Lipinski definition) is 1. The van der Waals surface area contributed by atoms with Crippen LogP contribution in [0.5, 0.6) is 0 Å². The minimum atomic E-state index is 0.144. The third kappa shape index (κ3) is 2.13. The van der Waals surface area contributed by atoms with Crippen molar-refractivity contribution in [2.75, 3.05) is 26.3 Å². The van der Waals surface area contributed by atoms with Crippen molar-refractivity contribution in [3.63, 3.8) is 0 Å². The zero-order chi connectivity index (χ0) is 11.7. The molecule has 0 aliphatic carbocycles. The SMILES string of the molecule is O=c1sc2ccccc2n1C[NH+]1CCOCC1. The van der Waals surface area contributed by atoms with Gasteiger partial charge in [0.15, 0.2) is 6.67 Å². The van der Waals surface area contributed by atoms with Crippen molar-refractivity contribution in [3.05, 3.63) is 33.9 Å². The van der Waals surface area contributed by atoms with Crippen LogP contribution in [0.2, 0.25) is 0 Å². The predicted molar refractivity (Wildman–Crippen MR) is 67.6 cm³/mol.